The lowest BCUT2D eigenvalue weighted by molar-refractivity contribution is 0.0302. The van der Waals surface area contributed by atoms with Crippen LogP contribution in [0.4, 0.5) is 5.69 Å². The van der Waals surface area contributed by atoms with Crippen molar-refractivity contribution in [3.63, 3.8) is 0 Å². The van der Waals surface area contributed by atoms with Crippen molar-refractivity contribution < 1.29 is 22.7 Å². The number of carbonyl (C=O) groups is 2. The summed E-state index contributed by atoms with van der Waals surface area (Å²) >= 11 is 0. The van der Waals surface area contributed by atoms with Crippen LogP contribution in [0.15, 0.2) is 46.2 Å². The zero-order chi connectivity index (χ0) is 24.2. The van der Waals surface area contributed by atoms with E-state index in [2.05, 4.69) is 5.32 Å². The molecule has 1 N–H and O–H groups in total. The van der Waals surface area contributed by atoms with Crippen molar-refractivity contribution in [2.24, 2.45) is 7.05 Å². The van der Waals surface area contributed by atoms with E-state index in [1.54, 1.807) is 18.7 Å². The molecule has 0 unspecified atom stereocenters. The monoisotopic (exact) mass is 476 g/mol. The van der Waals surface area contributed by atoms with Crippen LogP contribution in [0, 0.1) is 0 Å². The van der Waals surface area contributed by atoms with Gasteiger partial charge in [-0.2, -0.15) is 4.31 Å². The minimum absolute atomic E-state index is 0.0403. The number of hydrogen-bond acceptors (Lipinski definition) is 6. The van der Waals surface area contributed by atoms with Gasteiger partial charge in [0.1, 0.15) is 5.69 Å². The number of nitrogens with zero attached hydrogens (tertiary/aromatic N) is 3. The Morgan fingerprint density at radius 1 is 1.06 bits per heavy atom. The smallest absolute Gasteiger partial charge is 0.274 e. The Balaban J connectivity index is 1.82. The van der Waals surface area contributed by atoms with Crippen LogP contribution in [0.3, 0.4) is 0 Å². The number of pyridine rings is 1. The summed E-state index contributed by atoms with van der Waals surface area (Å²) in [6.07, 6.45) is 1.43. The lowest BCUT2D eigenvalue weighted by Crippen LogP contribution is -2.41. The van der Waals surface area contributed by atoms with Crippen LogP contribution < -0.4 is 10.9 Å². The van der Waals surface area contributed by atoms with Crippen molar-refractivity contribution >= 4 is 27.5 Å². The van der Waals surface area contributed by atoms with Crippen molar-refractivity contribution in [1.82, 2.24) is 13.8 Å². The third-order valence-corrected chi connectivity index (χ3v) is 7.50. The quantitative estimate of drug-likeness (QED) is 0.640. The second kappa shape index (κ2) is 10.3. The zero-order valence-corrected chi connectivity index (χ0v) is 19.7. The highest BCUT2D eigenvalue weighted by atomic mass is 32.2. The first-order valence-corrected chi connectivity index (χ1v) is 12.1. The molecule has 10 nitrogen and oxygen atoms in total. The molecule has 1 aromatic carbocycles. The molecule has 0 saturated carbocycles. The predicted molar refractivity (Wildman–Crippen MR) is 123 cm³/mol. The van der Waals surface area contributed by atoms with E-state index in [0.717, 1.165) is 0 Å². The number of sulfonamides is 1. The Hall–Kier alpha value is -3.02. The Labute approximate surface area is 192 Å². The van der Waals surface area contributed by atoms with Crippen LogP contribution in [0.5, 0.6) is 0 Å². The summed E-state index contributed by atoms with van der Waals surface area (Å²) in [5.74, 6) is -0.842. The number of hydrogen-bond donors (Lipinski definition) is 1. The standard InChI is InChI=1S/C22H28N4O6S/c1-4-26(5-2)33(30,31)18-8-6-16(7-9-18)20(27)23-19-14-17(15-24(3)22(19)29)21(28)25-10-12-32-13-11-25/h6-9,14-15H,4-5,10-13H2,1-3H3,(H,23,27). The molecule has 0 atom stereocenters. The van der Waals surface area contributed by atoms with E-state index in [0.29, 0.717) is 39.4 Å². The third-order valence-electron chi connectivity index (χ3n) is 5.44. The van der Waals surface area contributed by atoms with Crippen molar-refractivity contribution in [3.8, 4) is 0 Å². The highest BCUT2D eigenvalue weighted by molar-refractivity contribution is 7.89. The summed E-state index contributed by atoms with van der Waals surface area (Å²) in [5, 5.41) is 2.54. The first-order valence-electron chi connectivity index (χ1n) is 10.7. The molecule has 0 radical (unpaired) electrons. The minimum Gasteiger partial charge on any atom is -0.378 e. The van der Waals surface area contributed by atoms with E-state index >= 15 is 0 Å². The van der Waals surface area contributed by atoms with Crippen LogP contribution in [0.25, 0.3) is 0 Å². The molecule has 0 spiro atoms. The Morgan fingerprint density at radius 2 is 1.67 bits per heavy atom. The zero-order valence-electron chi connectivity index (χ0n) is 18.9. The average molecular weight is 477 g/mol. The molecule has 0 aliphatic carbocycles. The number of aromatic nitrogens is 1. The SMILES string of the molecule is CCN(CC)S(=O)(=O)c1ccc(C(=O)Nc2cc(C(=O)N3CCOCC3)cn(C)c2=O)cc1. The van der Waals surface area contributed by atoms with Gasteiger partial charge in [-0.15, -0.1) is 0 Å². The fourth-order valence-electron chi connectivity index (χ4n) is 3.55. The topological polar surface area (TPSA) is 118 Å². The number of rotatable bonds is 7. The highest BCUT2D eigenvalue weighted by Crippen LogP contribution is 2.17. The number of carbonyl (C=O) groups excluding carboxylic acids is 2. The number of morpholine rings is 1. The molecule has 0 bridgehead atoms. The molecule has 1 fully saturated rings. The van der Waals surface area contributed by atoms with Crippen LogP contribution in [0.1, 0.15) is 34.6 Å². The molecule has 1 aliphatic heterocycles. The normalized spacial score (nSPS) is 14.4. The van der Waals surface area contributed by atoms with Gasteiger partial charge in [0.05, 0.1) is 23.7 Å². The summed E-state index contributed by atoms with van der Waals surface area (Å²) in [4.78, 5) is 39.8. The van der Waals surface area contributed by atoms with Crippen LogP contribution in [0.2, 0.25) is 0 Å². The van der Waals surface area contributed by atoms with Crippen molar-refractivity contribution in [2.75, 3.05) is 44.7 Å². The first kappa shape index (κ1) is 24.6. The average Bonchev–Trinajstić information content (AvgIpc) is 2.82. The molecule has 3 rings (SSSR count). The van der Waals surface area contributed by atoms with Gasteiger partial charge in [-0.3, -0.25) is 14.4 Å². The van der Waals surface area contributed by atoms with E-state index < -0.39 is 21.5 Å². The van der Waals surface area contributed by atoms with Gasteiger partial charge in [0.25, 0.3) is 17.4 Å². The third kappa shape index (κ3) is 5.32. The summed E-state index contributed by atoms with van der Waals surface area (Å²) in [6, 6.07) is 6.85. The molecular formula is C22H28N4O6S. The number of ether oxygens (including phenoxy) is 1. The van der Waals surface area contributed by atoms with E-state index in [4.69, 9.17) is 4.74 Å². The Kier molecular flexibility index (Phi) is 7.67. The number of nitrogens with one attached hydrogen (secondary N) is 1. The molecule has 33 heavy (non-hydrogen) atoms. The molecule has 11 heteroatoms. The van der Waals surface area contributed by atoms with E-state index in [9.17, 15) is 22.8 Å². The summed E-state index contributed by atoms with van der Waals surface area (Å²) < 4.78 is 33.1. The summed E-state index contributed by atoms with van der Waals surface area (Å²) in [5.41, 5.74) is -0.0560. The number of anilines is 1. The lowest BCUT2D eigenvalue weighted by atomic mass is 10.2. The second-order valence-electron chi connectivity index (χ2n) is 7.53. The van der Waals surface area contributed by atoms with Gasteiger partial charge >= 0.3 is 0 Å². The van der Waals surface area contributed by atoms with Crippen molar-refractivity contribution in [2.45, 2.75) is 18.7 Å². The lowest BCUT2D eigenvalue weighted by Gasteiger charge is -2.27. The maximum atomic E-state index is 12.8. The maximum absolute atomic E-state index is 12.8. The maximum Gasteiger partial charge on any atom is 0.274 e. The molecule has 1 saturated heterocycles. The minimum atomic E-state index is -3.64. The molecule has 2 heterocycles. The van der Waals surface area contributed by atoms with Gasteiger partial charge in [-0.1, -0.05) is 13.8 Å². The van der Waals surface area contributed by atoms with Crippen molar-refractivity contribution in [3.05, 3.63) is 58.0 Å². The second-order valence-corrected chi connectivity index (χ2v) is 9.47. The Morgan fingerprint density at radius 3 is 2.24 bits per heavy atom. The Bertz CT molecular complexity index is 1180. The van der Waals surface area contributed by atoms with E-state index in [1.807, 2.05) is 0 Å². The first-order chi connectivity index (χ1) is 15.7. The van der Waals surface area contributed by atoms with Gasteiger partial charge in [0.2, 0.25) is 10.0 Å². The fraction of sp³-hybridized carbons (Fsp3) is 0.409. The van der Waals surface area contributed by atoms with Crippen LogP contribution in [-0.4, -0.2) is 73.4 Å². The molecule has 2 amide bonds. The highest BCUT2D eigenvalue weighted by Gasteiger charge is 2.23. The summed E-state index contributed by atoms with van der Waals surface area (Å²) in [6.45, 7) is 5.97. The van der Waals surface area contributed by atoms with Crippen LogP contribution in [-0.2, 0) is 21.8 Å². The molecule has 2 aromatic rings. The van der Waals surface area contributed by atoms with Gasteiger partial charge < -0.3 is 19.5 Å². The van der Waals surface area contributed by atoms with Crippen LogP contribution >= 0.6 is 0 Å². The van der Waals surface area contributed by atoms with E-state index in [1.165, 1.54) is 52.4 Å². The van der Waals surface area contributed by atoms with Gasteiger partial charge in [-0.05, 0) is 30.3 Å². The largest absolute Gasteiger partial charge is 0.378 e. The van der Waals surface area contributed by atoms with Gasteiger partial charge in [-0.25, -0.2) is 8.42 Å². The predicted octanol–water partition coefficient (Wildman–Crippen LogP) is 1.14. The van der Waals surface area contributed by atoms with E-state index in [-0.39, 0.29) is 27.6 Å². The fourth-order valence-corrected chi connectivity index (χ4v) is 5.01. The number of amides is 2. The molecule has 1 aliphatic rings. The van der Waals surface area contributed by atoms with Crippen molar-refractivity contribution in [1.29, 1.82) is 0 Å². The number of aryl methyl sites for hydroxylation is 1. The van der Waals surface area contributed by atoms with Gasteiger partial charge in [0.15, 0.2) is 0 Å². The molecular weight excluding hydrogens is 448 g/mol. The summed E-state index contributed by atoms with van der Waals surface area (Å²) in [7, 11) is -2.14. The number of benzene rings is 1. The molecule has 1 aromatic heterocycles. The molecule has 178 valence electrons. The van der Waals surface area contributed by atoms with Gasteiger partial charge in [0, 0.05) is 45.0 Å².